The zero-order chi connectivity index (χ0) is 24.5. The summed E-state index contributed by atoms with van der Waals surface area (Å²) in [5.74, 6) is 0.747. The fourth-order valence-corrected chi connectivity index (χ4v) is 5.41. The summed E-state index contributed by atoms with van der Waals surface area (Å²) in [6.07, 6.45) is 7.06. The van der Waals surface area contributed by atoms with Crippen LogP contribution in [0.2, 0.25) is 0 Å². The van der Waals surface area contributed by atoms with E-state index in [9.17, 15) is 14.7 Å². The first-order valence-corrected chi connectivity index (χ1v) is 13.5. The summed E-state index contributed by atoms with van der Waals surface area (Å²) in [7, 11) is 0. The maximum absolute atomic E-state index is 13.2. The van der Waals surface area contributed by atoms with Crippen molar-refractivity contribution in [2.75, 3.05) is 19.7 Å². The highest BCUT2D eigenvalue weighted by Gasteiger charge is 2.41. The van der Waals surface area contributed by atoms with Crippen LogP contribution in [0.15, 0.2) is 35.9 Å². The maximum atomic E-state index is 13.2. The van der Waals surface area contributed by atoms with Crippen molar-refractivity contribution in [3.05, 3.63) is 39.5 Å². The van der Waals surface area contributed by atoms with E-state index >= 15 is 0 Å². The number of aliphatic hydroxyl groups is 2. The number of rotatable bonds is 10. The van der Waals surface area contributed by atoms with Crippen LogP contribution in [0.5, 0.6) is 5.75 Å². The van der Waals surface area contributed by atoms with E-state index in [1.807, 2.05) is 36.1 Å². The molecule has 3 atom stereocenters. The lowest BCUT2D eigenvalue weighted by molar-refractivity contribution is -0.139. The van der Waals surface area contributed by atoms with Crippen LogP contribution in [-0.4, -0.2) is 64.9 Å². The van der Waals surface area contributed by atoms with Gasteiger partial charge in [-0.05, 0) is 66.0 Å². The normalized spacial score (nSPS) is 23.2. The first-order chi connectivity index (χ1) is 16.4. The van der Waals surface area contributed by atoms with E-state index in [0.29, 0.717) is 30.2 Å². The lowest BCUT2D eigenvalue weighted by Gasteiger charge is -2.42. The predicted molar refractivity (Wildman–Crippen MR) is 139 cm³/mol. The van der Waals surface area contributed by atoms with E-state index in [0.717, 1.165) is 22.8 Å². The summed E-state index contributed by atoms with van der Waals surface area (Å²) in [5, 5.41) is 23.3. The molecule has 3 rings (SSSR count). The Balaban J connectivity index is 1.90. The average molecular weight is 584 g/mol. The van der Waals surface area contributed by atoms with Crippen LogP contribution in [0.25, 0.3) is 0 Å². The minimum absolute atomic E-state index is 0.0159. The van der Waals surface area contributed by atoms with Gasteiger partial charge in [-0.25, -0.2) is 0 Å². The quantitative estimate of drug-likeness (QED) is 0.367. The molecular weight excluding hydrogens is 547 g/mol. The van der Waals surface area contributed by atoms with Crippen molar-refractivity contribution in [3.63, 3.8) is 0 Å². The van der Waals surface area contributed by atoms with Gasteiger partial charge in [0.25, 0.3) is 0 Å². The molecule has 0 unspecified atom stereocenters. The highest BCUT2D eigenvalue weighted by molar-refractivity contribution is 14.1. The number of hydrogen-bond acceptors (Lipinski definition) is 5. The summed E-state index contributed by atoms with van der Waals surface area (Å²) >= 11 is 2.18. The molecule has 0 radical (unpaired) electrons. The van der Waals surface area contributed by atoms with Crippen molar-refractivity contribution < 1.29 is 24.5 Å². The van der Waals surface area contributed by atoms with Crippen LogP contribution in [0.3, 0.4) is 0 Å². The molecule has 0 bridgehead atoms. The summed E-state index contributed by atoms with van der Waals surface area (Å²) < 4.78 is 7.09. The molecule has 0 aromatic heterocycles. The molecule has 188 valence electrons. The van der Waals surface area contributed by atoms with E-state index in [-0.39, 0.29) is 31.4 Å². The molecule has 2 amide bonds. The Hall–Kier alpha value is -1.65. The van der Waals surface area contributed by atoms with E-state index in [2.05, 4.69) is 27.9 Å². The Morgan fingerprint density at radius 1 is 1.21 bits per heavy atom. The molecule has 0 saturated heterocycles. The molecule has 1 fully saturated rings. The smallest absolute Gasteiger partial charge is 0.247 e. The number of nitrogens with zero attached hydrogens (tertiary/aromatic N) is 1. The highest BCUT2D eigenvalue weighted by Crippen LogP contribution is 2.32. The number of halogens is 1. The molecule has 3 N–H and O–H groups in total. The maximum Gasteiger partial charge on any atom is 0.247 e. The fourth-order valence-electron chi connectivity index (χ4n) is 4.89. The van der Waals surface area contributed by atoms with Crippen LogP contribution in [0, 0.1) is 9.49 Å². The average Bonchev–Trinajstić information content (AvgIpc) is 2.84. The van der Waals surface area contributed by atoms with Crippen molar-refractivity contribution >= 4 is 34.4 Å². The Morgan fingerprint density at radius 2 is 1.94 bits per heavy atom. The van der Waals surface area contributed by atoms with Crippen molar-refractivity contribution in [2.24, 2.45) is 5.92 Å². The second-order valence-corrected chi connectivity index (χ2v) is 10.4. The minimum Gasteiger partial charge on any atom is -0.482 e. The van der Waals surface area contributed by atoms with Gasteiger partial charge >= 0.3 is 0 Å². The third kappa shape index (κ3) is 7.18. The lowest BCUT2D eigenvalue weighted by Crippen LogP contribution is -2.56. The molecule has 8 heteroatoms. The van der Waals surface area contributed by atoms with Gasteiger partial charge in [0, 0.05) is 31.5 Å². The molecule has 34 heavy (non-hydrogen) atoms. The van der Waals surface area contributed by atoms with Crippen molar-refractivity contribution in [1.29, 1.82) is 0 Å². The molecule has 0 heterocycles. The topological polar surface area (TPSA) is 99.1 Å². The van der Waals surface area contributed by atoms with E-state index < -0.39 is 18.2 Å². The lowest BCUT2D eigenvalue weighted by atomic mass is 9.85. The van der Waals surface area contributed by atoms with Crippen LogP contribution in [-0.2, 0) is 9.59 Å². The van der Waals surface area contributed by atoms with Gasteiger partial charge in [0.05, 0.1) is 16.2 Å². The highest BCUT2D eigenvalue weighted by atomic mass is 127. The predicted octanol–water partition coefficient (Wildman–Crippen LogP) is 3.42. The van der Waals surface area contributed by atoms with Gasteiger partial charge in [0.2, 0.25) is 11.8 Å². The van der Waals surface area contributed by atoms with Crippen LogP contribution in [0.4, 0.5) is 0 Å². The van der Waals surface area contributed by atoms with Crippen molar-refractivity contribution in [2.45, 2.75) is 76.5 Å². The second-order valence-electron chi connectivity index (χ2n) is 9.25. The van der Waals surface area contributed by atoms with Crippen molar-refractivity contribution in [1.82, 2.24) is 10.2 Å². The molecule has 2 aliphatic rings. The molecule has 1 saturated carbocycles. The largest absolute Gasteiger partial charge is 0.482 e. The number of nitrogens with one attached hydrogen (secondary N) is 1. The van der Waals surface area contributed by atoms with Crippen LogP contribution < -0.4 is 10.1 Å². The van der Waals surface area contributed by atoms with Gasteiger partial charge in [-0.15, -0.1) is 0 Å². The number of ether oxygens (including phenoxy) is 1. The SMILES string of the molecule is CCCC(=O)N(CC1CCCCC1)[C@@H]1CC(C(=O)NCCO)=C[C@H](Oc2ccccc2I)[C@H]1O. The van der Waals surface area contributed by atoms with E-state index in [4.69, 9.17) is 9.84 Å². The van der Waals surface area contributed by atoms with Crippen LogP contribution in [0.1, 0.15) is 58.3 Å². The van der Waals surface area contributed by atoms with Gasteiger partial charge in [-0.1, -0.05) is 38.3 Å². The van der Waals surface area contributed by atoms with Gasteiger partial charge in [-0.3, -0.25) is 9.59 Å². The number of carbonyl (C=O) groups is 2. The Kier molecular flexibility index (Phi) is 10.7. The van der Waals surface area contributed by atoms with Crippen LogP contribution >= 0.6 is 22.6 Å². The Bertz CT molecular complexity index is 855. The Morgan fingerprint density at radius 3 is 2.62 bits per heavy atom. The minimum atomic E-state index is -0.963. The second kappa shape index (κ2) is 13.4. The first-order valence-electron chi connectivity index (χ1n) is 12.4. The number of benzene rings is 1. The molecular formula is C26H37IN2O5. The zero-order valence-corrected chi connectivity index (χ0v) is 22.1. The molecule has 2 aliphatic carbocycles. The molecule has 0 aliphatic heterocycles. The monoisotopic (exact) mass is 584 g/mol. The van der Waals surface area contributed by atoms with Gasteiger partial charge in [0.1, 0.15) is 18.0 Å². The molecule has 1 aromatic rings. The van der Waals surface area contributed by atoms with Gasteiger partial charge in [-0.2, -0.15) is 0 Å². The number of para-hydroxylation sites is 1. The summed E-state index contributed by atoms with van der Waals surface area (Å²) in [6.45, 7) is 2.56. The summed E-state index contributed by atoms with van der Waals surface area (Å²) in [6, 6.07) is 6.98. The summed E-state index contributed by atoms with van der Waals surface area (Å²) in [4.78, 5) is 27.9. The molecule has 7 nitrogen and oxygen atoms in total. The number of hydrogen-bond donors (Lipinski definition) is 3. The van der Waals surface area contributed by atoms with E-state index in [1.54, 1.807) is 6.08 Å². The van der Waals surface area contributed by atoms with Gasteiger partial charge < -0.3 is 25.2 Å². The first kappa shape index (κ1) is 26.9. The number of amides is 2. The zero-order valence-electron chi connectivity index (χ0n) is 19.9. The summed E-state index contributed by atoms with van der Waals surface area (Å²) in [5.41, 5.74) is 0.470. The number of carbonyl (C=O) groups excluding carboxylic acids is 2. The Labute approximate surface area is 216 Å². The number of aliphatic hydroxyl groups excluding tert-OH is 2. The van der Waals surface area contributed by atoms with Crippen molar-refractivity contribution in [3.8, 4) is 5.75 Å². The standard InChI is InChI=1S/C26H37IN2O5/c1-2-8-24(31)29(17-18-9-4-3-5-10-18)21-15-19(26(33)28-13-14-30)16-23(25(21)32)34-22-12-7-6-11-20(22)27/h6-7,11-12,16,18,21,23,25,30,32H,2-5,8-10,13-15,17H2,1H3,(H,28,33)/t21-,23+,25+/m1/s1. The van der Waals surface area contributed by atoms with E-state index in [1.165, 1.54) is 19.3 Å². The third-order valence-electron chi connectivity index (χ3n) is 6.68. The van der Waals surface area contributed by atoms with Gasteiger partial charge in [0.15, 0.2) is 0 Å². The third-order valence-corrected chi connectivity index (χ3v) is 7.57. The molecule has 0 spiro atoms. The molecule has 1 aromatic carbocycles. The fraction of sp³-hybridized carbons (Fsp3) is 0.615.